The summed E-state index contributed by atoms with van der Waals surface area (Å²) in [6, 6.07) is 0. The van der Waals surface area contributed by atoms with Gasteiger partial charge in [0.25, 0.3) is 7.59 Å². The van der Waals surface area contributed by atoms with E-state index in [0.29, 0.717) is 24.8 Å². The van der Waals surface area contributed by atoms with Gasteiger partial charge >= 0.3 is 0 Å². The molecule has 0 unspecified atom stereocenters. The summed E-state index contributed by atoms with van der Waals surface area (Å²) in [6.45, 7) is 0.803. The number of nitrogens with zero attached hydrogens (tertiary/aromatic N) is 1. The molecule has 0 saturated carbocycles. The van der Waals surface area contributed by atoms with Gasteiger partial charge in [0.1, 0.15) is 0 Å². The van der Waals surface area contributed by atoms with Gasteiger partial charge in [-0.1, -0.05) is 0 Å². The molecule has 0 fully saturated rings. The lowest BCUT2D eigenvalue weighted by Gasteiger charge is -2.22. The zero-order valence-electron chi connectivity index (χ0n) is 6.04. The maximum atomic E-state index is 11.1. The first-order valence-electron chi connectivity index (χ1n) is 3.07. The summed E-state index contributed by atoms with van der Waals surface area (Å²) in [4.78, 5) is 0. The van der Waals surface area contributed by atoms with Crippen molar-refractivity contribution >= 4 is 30.8 Å². The minimum atomic E-state index is -3.14. The van der Waals surface area contributed by atoms with Crippen molar-refractivity contribution < 1.29 is 4.57 Å². The topological polar surface area (TPSA) is 72.3 Å². The van der Waals surface area contributed by atoms with Crippen LogP contribution >= 0.6 is 30.8 Å². The molecule has 0 rings (SSSR count). The molecule has 0 aromatic carbocycles. The molecular formula is C4H12Cl2N3OP. The molecule has 0 amide bonds. The van der Waals surface area contributed by atoms with E-state index >= 15 is 0 Å². The van der Waals surface area contributed by atoms with Gasteiger partial charge in [0.05, 0.1) is 0 Å². The number of rotatable bonds is 5. The van der Waals surface area contributed by atoms with E-state index in [1.807, 2.05) is 0 Å². The molecule has 0 aliphatic heterocycles. The van der Waals surface area contributed by atoms with Crippen LogP contribution in [0.25, 0.3) is 0 Å². The molecule has 0 radical (unpaired) electrons. The largest absolute Gasteiger partial charge is 0.276 e. The number of hydrogen-bond donors (Lipinski definition) is 2. The van der Waals surface area contributed by atoms with Crippen molar-refractivity contribution in [2.24, 2.45) is 11.0 Å². The molecule has 0 aliphatic carbocycles. The highest BCUT2D eigenvalue weighted by atomic mass is 35.5. The molecule has 0 heterocycles. The van der Waals surface area contributed by atoms with E-state index in [0.717, 1.165) is 0 Å². The normalized spacial score (nSPS) is 12.5. The molecular weight excluding hydrogens is 208 g/mol. The Labute approximate surface area is 76.3 Å². The van der Waals surface area contributed by atoms with E-state index in [4.69, 9.17) is 34.2 Å². The van der Waals surface area contributed by atoms with Crippen molar-refractivity contribution in [1.29, 1.82) is 0 Å². The van der Waals surface area contributed by atoms with Crippen LogP contribution in [-0.4, -0.2) is 29.5 Å². The summed E-state index contributed by atoms with van der Waals surface area (Å²) in [6.07, 6.45) is 0. The van der Waals surface area contributed by atoms with Crippen molar-refractivity contribution in [3.8, 4) is 0 Å². The Kier molecular flexibility index (Phi) is 5.69. The van der Waals surface area contributed by atoms with E-state index < -0.39 is 7.59 Å². The van der Waals surface area contributed by atoms with Gasteiger partial charge in [-0.25, -0.2) is 4.67 Å². The van der Waals surface area contributed by atoms with Gasteiger partial charge in [-0.05, 0) is 0 Å². The zero-order chi connectivity index (χ0) is 8.91. The lowest BCUT2D eigenvalue weighted by Crippen LogP contribution is -2.32. The summed E-state index contributed by atoms with van der Waals surface area (Å²) >= 11 is 10.8. The van der Waals surface area contributed by atoms with Crippen molar-refractivity contribution in [3.05, 3.63) is 0 Å². The molecule has 0 aromatic rings. The van der Waals surface area contributed by atoms with Crippen LogP contribution in [0.15, 0.2) is 0 Å². The highest BCUT2D eigenvalue weighted by molar-refractivity contribution is 7.56. The van der Waals surface area contributed by atoms with Crippen LogP contribution in [0.4, 0.5) is 0 Å². The molecule has 11 heavy (non-hydrogen) atoms. The Morgan fingerprint density at radius 2 is 1.55 bits per heavy atom. The van der Waals surface area contributed by atoms with Crippen LogP contribution in [0.5, 0.6) is 0 Å². The molecule has 68 valence electrons. The molecule has 4 nitrogen and oxygen atoms in total. The monoisotopic (exact) mass is 219 g/mol. The fraction of sp³-hybridized carbons (Fsp3) is 1.00. The number of hydrogen-bond acceptors (Lipinski definition) is 1. The van der Waals surface area contributed by atoms with E-state index in [1.165, 1.54) is 4.67 Å². The molecule has 0 atom stereocenters. The average Bonchev–Trinajstić information content (AvgIpc) is 1.85. The van der Waals surface area contributed by atoms with Gasteiger partial charge in [0.15, 0.2) is 0 Å². The minimum absolute atomic E-state index is 0.343. The summed E-state index contributed by atoms with van der Waals surface area (Å²) in [5.41, 5.74) is 10.4. The highest BCUT2D eigenvalue weighted by Crippen LogP contribution is 2.30. The Hall–Kier alpha value is 0.690. The molecule has 0 bridgehead atoms. The van der Waals surface area contributed by atoms with Crippen LogP contribution in [-0.2, 0) is 4.57 Å². The second-order valence-electron chi connectivity index (χ2n) is 2.00. The second-order valence-corrected chi connectivity index (χ2v) is 4.67. The third-order valence-electron chi connectivity index (χ3n) is 1.13. The fourth-order valence-corrected chi connectivity index (χ4v) is 2.09. The number of alkyl halides is 2. The smallest absolute Gasteiger partial charge is 0.271 e. The van der Waals surface area contributed by atoms with Crippen molar-refractivity contribution in [1.82, 2.24) is 4.67 Å². The van der Waals surface area contributed by atoms with Crippen LogP contribution in [0, 0.1) is 0 Å². The summed E-state index contributed by atoms with van der Waals surface area (Å²) in [5, 5.41) is 0. The lowest BCUT2D eigenvalue weighted by atomic mass is 10.6. The predicted octanol–water partition coefficient (Wildman–Crippen LogP) is 0.792. The van der Waals surface area contributed by atoms with Crippen LogP contribution < -0.4 is 11.0 Å². The van der Waals surface area contributed by atoms with Gasteiger partial charge < -0.3 is 0 Å². The first kappa shape index (κ1) is 11.7. The van der Waals surface area contributed by atoms with Gasteiger partial charge in [-0.2, -0.15) is 0 Å². The van der Waals surface area contributed by atoms with E-state index in [2.05, 4.69) is 0 Å². The second kappa shape index (κ2) is 5.36. The standard InChI is InChI=1S/C4H12Cl2N3OP/c5-1-3-9(4-2-6)11(7,8)10/h1-4H2,(H4,7,8,10). The third kappa shape index (κ3) is 5.01. The van der Waals surface area contributed by atoms with Gasteiger partial charge in [-0.15, -0.1) is 23.2 Å². The van der Waals surface area contributed by atoms with Gasteiger partial charge in [0, 0.05) is 24.8 Å². The quantitative estimate of drug-likeness (QED) is 0.530. The molecule has 0 saturated heterocycles. The Morgan fingerprint density at radius 3 is 1.73 bits per heavy atom. The van der Waals surface area contributed by atoms with Crippen LogP contribution in [0.3, 0.4) is 0 Å². The SMILES string of the molecule is NP(N)(=O)N(CCCl)CCCl. The molecule has 0 spiro atoms. The Bertz CT molecular complexity index is 144. The fourth-order valence-electron chi connectivity index (χ4n) is 0.620. The maximum absolute atomic E-state index is 11.1. The van der Waals surface area contributed by atoms with E-state index in [9.17, 15) is 4.57 Å². The first-order valence-corrected chi connectivity index (χ1v) is 5.93. The van der Waals surface area contributed by atoms with Gasteiger partial charge in [-0.3, -0.25) is 15.6 Å². The molecule has 7 heteroatoms. The molecule has 4 N–H and O–H groups in total. The minimum Gasteiger partial charge on any atom is -0.271 e. The van der Waals surface area contributed by atoms with E-state index in [1.54, 1.807) is 0 Å². The maximum Gasteiger partial charge on any atom is 0.276 e. The van der Waals surface area contributed by atoms with Crippen LogP contribution in [0.2, 0.25) is 0 Å². The summed E-state index contributed by atoms with van der Waals surface area (Å²) in [5.74, 6) is 0.685. The number of nitrogens with two attached hydrogens (primary N) is 2. The van der Waals surface area contributed by atoms with Crippen LogP contribution in [0.1, 0.15) is 0 Å². The average molecular weight is 220 g/mol. The molecule has 0 aromatic heterocycles. The summed E-state index contributed by atoms with van der Waals surface area (Å²) in [7, 11) is -3.14. The zero-order valence-corrected chi connectivity index (χ0v) is 8.45. The number of halogens is 2. The predicted molar refractivity (Wildman–Crippen MR) is 49.0 cm³/mol. The lowest BCUT2D eigenvalue weighted by molar-refractivity contribution is 0.447. The van der Waals surface area contributed by atoms with Crippen molar-refractivity contribution in [2.75, 3.05) is 24.8 Å². The Morgan fingerprint density at radius 1 is 1.18 bits per heavy atom. The Balaban J connectivity index is 3.99. The molecule has 0 aliphatic rings. The highest BCUT2D eigenvalue weighted by Gasteiger charge is 2.19. The van der Waals surface area contributed by atoms with Crippen molar-refractivity contribution in [2.45, 2.75) is 0 Å². The van der Waals surface area contributed by atoms with Crippen molar-refractivity contribution in [3.63, 3.8) is 0 Å². The van der Waals surface area contributed by atoms with E-state index in [-0.39, 0.29) is 0 Å². The first-order chi connectivity index (χ1) is 5.02. The third-order valence-corrected chi connectivity index (χ3v) is 2.75. The van der Waals surface area contributed by atoms with Gasteiger partial charge in [0.2, 0.25) is 0 Å². The summed E-state index contributed by atoms with van der Waals surface area (Å²) < 4.78 is 12.5.